The monoisotopic (exact) mass is 330 g/mol. The third-order valence-corrected chi connectivity index (χ3v) is 5.32. The molecule has 1 saturated heterocycles. The number of hydrazine groups is 1. The van der Waals surface area contributed by atoms with Gasteiger partial charge in [0.05, 0.1) is 9.82 Å². The Morgan fingerprint density at radius 1 is 1.50 bits per heavy atom. The predicted octanol–water partition coefficient (Wildman–Crippen LogP) is 0.118. The van der Waals surface area contributed by atoms with Gasteiger partial charge >= 0.3 is 5.97 Å². The lowest BCUT2D eigenvalue weighted by Crippen LogP contribution is -2.40. The van der Waals surface area contributed by atoms with Crippen LogP contribution in [0.25, 0.3) is 0 Å². The third kappa shape index (κ3) is 2.73. The number of hydrogen-bond acceptors (Lipinski definition) is 7. The van der Waals surface area contributed by atoms with E-state index in [1.54, 1.807) is 0 Å². The smallest absolute Gasteiger partial charge is 0.322 e. The first kappa shape index (κ1) is 16.1. The van der Waals surface area contributed by atoms with Gasteiger partial charge in [0.25, 0.3) is 5.69 Å². The highest BCUT2D eigenvalue weighted by Crippen LogP contribution is 2.31. The number of carbonyl (C=O) groups is 1. The Bertz CT molecular complexity index is 719. The van der Waals surface area contributed by atoms with Crippen LogP contribution >= 0.6 is 0 Å². The van der Waals surface area contributed by atoms with Gasteiger partial charge in [-0.15, -0.1) is 0 Å². The standard InChI is InChI=1S/C11H14N4O6S/c12-13-8-4-3-7(6-10(8)15(18)19)22(20,21)14-5-1-2-9(14)11(16)17/h3-4,6,9,13H,1-2,5,12H2,(H,16,17)/t9-/m0/s1. The molecule has 0 spiro atoms. The fraction of sp³-hybridized carbons (Fsp3) is 0.364. The van der Waals surface area contributed by atoms with Crippen molar-refractivity contribution in [2.75, 3.05) is 12.0 Å². The number of nitro groups is 1. The SMILES string of the molecule is NNc1ccc(S(=O)(=O)N2CCC[C@H]2C(=O)O)cc1[N+](=O)[O-]. The lowest BCUT2D eigenvalue weighted by atomic mass is 10.2. The summed E-state index contributed by atoms with van der Waals surface area (Å²) < 4.78 is 25.9. The van der Waals surface area contributed by atoms with Gasteiger partial charge in [0.1, 0.15) is 11.7 Å². The van der Waals surface area contributed by atoms with Crippen LogP contribution in [0.15, 0.2) is 23.1 Å². The number of hydrogen-bond donors (Lipinski definition) is 3. The van der Waals surface area contributed by atoms with Gasteiger partial charge < -0.3 is 10.5 Å². The second-order valence-electron chi connectivity index (χ2n) is 4.69. The molecular weight excluding hydrogens is 316 g/mol. The fourth-order valence-corrected chi connectivity index (χ4v) is 4.03. The lowest BCUT2D eigenvalue weighted by molar-refractivity contribution is -0.384. The van der Waals surface area contributed by atoms with Crippen LogP contribution < -0.4 is 11.3 Å². The second-order valence-corrected chi connectivity index (χ2v) is 6.58. The summed E-state index contributed by atoms with van der Waals surface area (Å²) in [6, 6.07) is 2.02. The van der Waals surface area contributed by atoms with E-state index in [-0.39, 0.29) is 23.5 Å². The molecule has 1 atom stereocenters. The van der Waals surface area contributed by atoms with Gasteiger partial charge in [0.2, 0.25) is 10.0 Å². The van der Waals surface area contributed by atoms with Crippen molar-refractivity contribution in [3.8, 4) is 0 Å². The minimum absolute atomic E-state index is 0.0415. The van der Waals surface area contributed by atoms with Gasteiger partial charge in [-0.2, -0.15) is 4.31 Å². The van der Waals surface area contributed by atoms with E-state index in [1.807, 2.05) is 0 Å². The van der Waals surface area contributed by atoms with Crippen LogP contribution in [0, 0.1) is 10.1 Å². The first-order valence-electron chi connectivity index (χ1n) is 6.28. The number of nitrogens with one attached hydrogen (secondary N) is 1. The molecule has 0 aliphatic carbocycles. The maximum atomic E-state index is 12.5. The summed E-state index contributed by atoms with van der Waals surface area (Å²) in [5, 5.41) is 20.0. The topological polar surface area (TPSA) is 156 Å². The van der Waals surface area contributed by atoms with E-state index in [0.29, 0.717) is 6.42 Å². The van der Waals surface area contributed by atoms with Crippen molar-refractivity contribution >= 4 is 27.4 Å². The molecular formula is C11H14N4O6S. The molecule has 1 fully saturated rings. The molecule has 4 N–H and O–H groups in total. The molecule has 10 nitrogen and oxygen atoms in total. The number of sulfonamides is 1. The summed E-state index contributed by atoms with van der Waals surface area (Å²) in [5.41, 5.74) is 1.56. The average molecular weight is 330 g/mol. The van der Waals surface area contributed by atoms with Gasteiger partial charge in [0, 0.05) is 12.6 Å². The molecule has 0 saturated carbocycles. The Balaban J connectivity index is 2.48. The van der Waals surface area contributed by atoms with Crippen molar-refractivity contribution < 1.29 is 23.2 Å². The van der Waals surface area contributed by atoms with Gasteiger partial charge in [-0.1, -0.05) is 0 Å². The number of nitrogens with zero attached hydrogens (tertiary/aromatic N) is 2. The number of anilines is 1. The van der Waals surface area contributed by atoms with E-state index in [4.69, 9.17) is 10.9 Å². The van der Waals surface area contributed by atoms with Crippen molar-refractivity contribution in [1.29, 1.82) is 0 Å². The molecule has 1 aliphatic heterocycles. The number of carboxylic acid groups (broad SMARTS) is 1. The molecule has 1 aromatic carbocycles. The minimum atomic E-state index is -4.13. The summed E-state index contributed by atoms with van der Waals surface area (Å²) in [4.78, 5) is 21.0. The summed E-state index contributed by atoms with van der Waals surface area (Å²) in [5.74, 6) is 3.90. The molecule has 1 heterocycles. The van der Waals surface area contributed by atoms with Gasteiger partial charge in [0.15, 0.2) is 0 Å². The van der Waals surface area contributed by atoms with Crippen molar-refractivity contribution in [3.63, 3.8) is 0 Å². The van der Waals surface area contributed by atoms with E-state index in [2.05, 4.69) is 5.43 Å². The Morgan fingerprint density at radius 2 is 2.18 bits per heavy atom. The van der Waals surface area contributed by atoms with E-state index >= 15 is 0 Å². The van der Waals surface area contributed by atoms with Crippen molar-refractivity contribution in [2.24, 2.45) is 5.84 Å². The number of benzene rings is 1. The largest absolute Gasteiger partial charge is 0.480 e. The Kier molecular flexibility index (Phi) is 4.30. The van der Waals surface area contributed by atoms with Gasteiger partial charge in [-0.05, 0) is 25.0 Å². The highest BCUT2D eigenvalue weighted by molar-refractivity contribution is 7.89. The van der Waals surface area contributed by atoms with Crippen LogP contribution in [0.3, 0.4) is 0 Å². The molecule has 120 valence electrons. The molecule has 0 aromatic heterocycles. The molecule has 11 heteroatoms. The van der Waals surface area contributed by atoms with Crippen LogP contribution in [-0.2, 0) is 14.8 Å². The summed E-state index contributed by atoms with van der Waals surface area (Å²) in [7, 11) is -4.13. The lowest BCUT2D eigenvalue weighted by Gasteiger charge is -2.21. The zero-order valence-electron chi connectivity index (χ0n) is 11.3. The number of aliphatic carboxylic acids is 1. The van der Waals surface area contributed by atoms with E-state index in [9.17, 15) is 23.3 Å². The highest BCUT2D eigenvalue weighted by atomic mass is 32.2. The van der Waals surface area contributed by atoms with Crippen LogP contribution in [0.2, 0.25) is 0 Å². The number of rotatable bonds is 5. The molecule has 1 aromatic rings. The maximum absolute atomic E-state index is 12.5. The van der Waals surface area contributed by atoms with Gasteiger partial charge in [-0.25, -0.2) is 8.42 Å². The fourth-order valence-electron chi connectivity index (χ4n) is 2.36. The number of nitrogen functional groups attached to an aromatic ring is 1. The Hall–Kier alpha value is -2.24. The zero-order chi connectivity index (χ0) is 16.5. The highest BCUT2D eigenvalue weighted by Gasteiger charge is 2.40. The predicted molar refractivity (Wildman–Crippen MR) is 75.5 cm³/mol. The Morgan fingerprint density at radius 3 is 2.73 bits per heavy atom. The molecule has 22 heavy (non-hydrogen) atoms. The van der Waals surface area contributed by atoms with E-state index < -0.39 is 32.6 Å². The molecule has 0 unspecified atom stereocenters. The van der Waals surface area contributed by atoms with Crippen LogP contribution in [0.4, 0.5) is 11.4 Å². The summed E-state index contributed by atoms with van der Waals surface area (Å²) in [6.45, 7) is 0.0595. The Labute approximate surface area is 125 Å². The first-order valence-corrected chi connectivity index (χ1v) is 7.72. The number of nitrogens with two attached hydrogens (primary N) is 1. The van der Waals surface area contributed by atoms with Crippen LogP contribution in [0.1, 0.15) is 12.8 Å². The number of nitro benzene ring substituents is 1. The zero-order valence-corrected chi connectivity index (χ0v) is 12.1. The molecule has 0 amide bonds. The first-order chi connectivity index (χ1) is 10.3. The average Bonchev–Trinajstić information content (AvgIpc) is 2.96. The summed E-state index contributed by atoms with van der Waals surface area (Å²) >= 11 is 0. The van der Waals surface area contributed by atoms with Crippen molar-refractivity contribution in [3.05, 3.63) is 28.3 Å². The molecule has 2 rings (SSSR count). The second kappa shape index (κ2) is 5.87. The molecule has 0 bridgehead atoms. The van der Waals surface area contributed by atoms with E-state index in [1.165, 1.54) is 0 Å². The van der Waals surface area contributed by atoms with E-state index in [0.717, 1.165) is 22.5 Å². The molecule has 1 aliphatic rings. The van der Waals surface area contributed by atoms with Gasteiger partial charge in [-0.3, -0.25) is 20.8 Å². The number of carboxylic acids is 1. The quantitative estimate of drug-likeness (QED) is 0.390. The normalized spacial score (nSPS) is 19.0. The van der Waals surface area contributed by atoms with Crippen LogP contribution in [0.5, 0.6) is 0 Å². The van der Waals surface area contributed by atoms with Crippen LogP contribution in [-0.4, -0.2) is 41.3 Å². The molecule has 0 radical (unpaired) electrons. The summed E-state index contributed by atoms with van der Waals surface area (Å²) in [6.07, 6.45) is 0.625. The van der Waals surface area contributed by atoms with Crippen molar-refractivity contribution in [2.45, 2.75) is 23.8 Å². The third-order valence-electron chi connectivity index (χ3n) is 3.42. The van der Waals surface area contributed by atoms with Crippen molar-refractivity contribution in [1.82, 2.24) is 4.31 Å². The maximum Gasteiger partial charge on any atom is 0.322 e. The minimum Gasteiger partial charge on any atom is -0.480 e.